The van der Waals surface area contributed by atoms with E-state index in [-0.39, 0.29) is 5.78 Å². The fourth-order valence-corrected chi connectivity index (χ4v) is 3.15. The van der Waals surface area contributed by atoms with E-state index in [1.54, 1.807) is 12.1 Å². The molecule has 0 radical (unpaired) electrons. The summed E-state index contributed by atoms with van der Waals surface area (Å²) in [6, 6.07) is 19.6. The number of carbonyl (C=O) groups excluding carboxylic acids is 1. The predicted molar refractivity (Wildman–Crippen MR) is 97.3 cm³/mol. The maximum Gasteiger partial charge on any atom is 0.230 e. The minimum atomic E-state index is -0.0919. The Kier molecular flexibility index (Phi) is 3.82. The number of halogens is 1. The summed E-state index contributed by atoms with van der Waals surface area (Å²) >= 11 is 3.45. The predicted octanol–water partition coefficient (Wildman–Crippen LogP) is 5.28. The molecule has 118 valence electrons. The second-order valence-electron chi connectivity index (χ2n) is 5.62. The zero-order valence-electron chi connectivity index (χ0n) is 12.8. The number of carbonyl (C=O) groups is 1. The van der Waals surface area contributed by atoms with Gasteiger partial charge in [0.15, 0.2) is 5.76 Å². The van der Waals surface area contributed by atoms with Crippen molar-refractivity contribution in [3.8, 4) is 0 Å². The van der Waals surface area contributed by atoms with Crippen LogP contribution in [-0.4, -0.2) is 10.4 Å². The van der Waals surface area contributed by atoms with Gasteiger partial charge in [0, 0.05) is 28.1 Å². The van der Waals surface area contributed by atoms with Crippen molar-refractivity contribution in [2.45, 2.75) is 6.54 Å². The first-order chi connectivity index (χ1) is 11.7. The summed E-state index contributed by atoms with van der Waals surface area (Å²) in [6.45, 7) is 0.708. The van der Waals surface area contributed by atoms with E-state index in [1.165, 1.54) is 11.8 Å². The molecular weight excluding hydrogens is 366 g/mol. The number of aromatic nitrogens is 1. The smallest absolute Gasteiger partial charge is 0.230 e. The molecule has 0 N–H and O–H groups in total. The lowest BCUT2D eigenvalue weighted by molar-refractivity contribution is 0.101. The molecule has 0 aliphatic heterocycles. The van der Waals surface area contributed by atoms with Gasteiger partial charge in [-0.1, -0.05) is 46.3 Å². The third kappa shape index (κ3) is 2.69. The average molecular weight is 380 g/mol. The van der Waals surface area contributed by atoms with Crippen LogP contribution < -0.4 is 0 Å². The lowest BCUT2D eigenvalue weighted by atomic mass is 10.1. The molecule has 3 nitrogen and oxygen atoms in total. The van der Waals surface area contributed by atoms with E-state index in [0.29, 0.717) is 17.9 Å². The van der Waals surface area contributed by atoms with Crippen LogP contribution in [0.5, 0.6) is 0 Å². The Morgan fingerprint density at radius 3 is 2.54 bits per heavy atom. The monoisotopic (exact) mass is 379 g/mol. The average Bonchev–Trinajstić information content (AvgIpc) is 3.25. The molecule has 0 unspecified atom stereocenters. The summed E-state index contributed by atoms with van der Waals surface area (Å²) in [5.74, 6) is 0.271. The normalized spacial score (nSPS) is 11.0. The van der Waals surface area contributed by atoms with Gasteiger partial charge in [0.1, 0.15) is 0 Å². The second kappa shape index (κ2) is 6.13. The number of furan rings is 1. The summed E-state index contributed by atoms with van der Waals surface area (Å²) in [5.41, 5.74) is 2.88. The number of benzene rings is 2. The van der Waals surface area contributed by atoms with Gasteiger partial charge in [0.25, 0.3) is 0 Å². The van der Waals surface area contributed by atoms with E-state index in [1.807, 2.05) is 42.6 Å². The Bertz CT molecular complexity index is 998. The first kappa shape index (κ1) is 15.0. The van der Waals surface area contributed by atoms with Crippen LogP contribution in [0.15, 0.2) is 82.0 Å². The van der Waals surface area contributed by atoms with Crippen molar-refractivity contribution in [1.82, 2.24) is 4.57 Å². The van der Waals surface area contributed by atoms with Crippen LogP contribution in [0.2, 0.25) is 0 Å². The van der Waals surface area contributed by atoms with Crippen molar-refractivity contribution in [2.24, 2.45) is 0 Å². The number of hydrogen-bond acceptors (Lipinski definition) is 2. The number of hydrogen-bond donors (Lipinski definition) is 0. The van der Waals surface area contributed by atoms with Crippen molar-refractivity contribution in [1.29, 1.82) is 0 Å². The second-order valence-corrected chi connectivity index (χ2v) is 6.54. The van der Waals surface area contributed by atoms with Gasteiger partial charge in [-0.15, -0.1) is 0 Å². The molecule has 0 fully saturated rings. The van der Waals surface area contributed by atoms with E-state index in [4.69, 9.17) is 4.42 Å². The molecule has 0 amide bonds. The number of rotatable bonds is 4. The highest BCUT2D eigenvalue weighted by atomic mass is 79.9. The highest BCUT2D eigenvalue weighted by Gasteiger charge is 2.18. The van der Waals surface area contributed by atoms with Gasteiger partial charge in [-0.2, -0.15) is 0 Å². The lowest BCUT2D eigenvalue weighted by Gasteiger charge is -2.05. The fraction of sp³-hybridized carbons (Fsp3) is 0.0500. The molecule has 24 heavy (non-hydrogen) atoms. The number of nitrogens with zero attached hydrogens (tertiary/aromatic N) is 1. The molecule has 4 aromatic rings. The van der Waals surface area contributed by atoms with E-state index < -0.39 is 0 Å². The summed E-state index contributed by atoms with van der Waals surface area (Å²) in [5, 5.41) is 0.941. The van der Waals surface area contributed by atoms with Gasteiger partial charge >= 0.3 is 0 Å². The molecule has 0 spiro atoms. The Morgan fingerprint density at radius 2 is 1.79 bits per heavy atom. The quantitative estimate of drug-likeness (QED) is 0.452. The third-order valence-corrected chi connectivity index (χ3v) is 4.57. The van der Waals surface area contributed by atoms with E-state index in [9.17, 15) is 4.79 Å². The molecular formula is C20H14BrNO2. The number of para-hydroxylation sites is 1. The van der Waals surface area contributed by atoms with Crippen LogP contribution in [0, 0.1) is 0 Å². The Labute approximate surface area is 147 Å². The fourth-order valence-electron chi connectivity index (χ4n) is 2.89. The molecule has 0 saturated carbocycles. The SMILES string of the molecule is O=C(c1ccco1)c1cn(Cc2ccc(Br)cc2)c2ccccc12. The van der Waals surface area contributed by atoms with Crippen molar-refractivity contribution >= 4 is 32.6 Å². The molecule has 2 aromatic carbocycles. The van der Waals surface area contributed by atoms with Gasteiger partial charge in [-0.3, -0.25) is 4.79 Å². The van der Waals surface area contributed by atoms with Gasteiger partial charge in [0.2, 0.25) is 5.78 Å². The van der Waals surface area contributed by atoms with Gasteiger partial charge in [-0.25, -0.2) is 0 Å². The van der Waals surface area contributed by atoms with Crippen molar-refractivity contribution < 1.29 is 9.21 Å². The molecule has 0 bridgehead atoms. The summed E-state index contributed by atoms with van der Waals surface area (Å²) in [4.78, 5) is 12.7. The maximum atomic E-state index is 12.7. The van der Waals surface area contributed by atoms with Crippen molar-refractivity contribution in [3.63, 3.8) is 0 Å². The van der Waals surface area contributed by atoms with Crippen LogP contribution in [0.25, 0.3) is 10.9 Å². The molecule has 2 heterocycles. The van der Waals surface area contributed by atoms with Crippen LogP contribution in [-0.2, 0) is 6.54 Å². The maximum absolute atomic E-state index is 12.7. The Hall–Kier alpha value is -2.59. The molecule has 0 saturated heterocycles. The summed E-state index contributed by atoms with van der Waals surface area (Å²) in [7, 11) is 0. The molecule has 0 aliphatic rings. The first-order valence-electron chi connectivity index (χ1n) is 7.63. The molecule has 0 aliphatic carbocycles. The zero-order valence-corrected chi connectivity index (χ0v) is 14.4. The summed E-state index contributed by atoms with van der Waals surface area (Å²) in [6.07, 6.45) is 3.44. The number of fused-ring (bicyclic) bond motifs is 1. The van der Waals surface area contributed by atoms with E-state index in [2.05, 4.69) is 32.6 Å². The van der Waals surface area contributed by atoms with Crippen LogP contribution >= 0.6 is 15.9 Å². The molecule has 4 heteroatoms. The molecule has 2 aromatic heterocycles. The Morgan fingerprint density at radius 1 is 1.00 bits per heavy atom. The summed E-state index contributed by atoms with van der Waals surface area (Å²) < 4.78 is 8.43. The lowest BCUT2D eigenvalue weighted by Crippen LogP contribution is -2.00. The molecule has 0 atom stereocenters. The van der Waals surface area contributed by atoms with Gasteiger partial charge in [0.05, 0.1) is 11.8 Å². The highest BCUT2D eigenvalue weighted by Crippen LogP contribution is 2.25. The largest absolute Gasteiger partial charge is 0.461 e. The highest BCUT2D eigenvalue weighted by molar-refractivity contribution is 9.10. The molecule has 4 rings (SSSR count). The van der Waals surface area contributed by atoms with Crippen molar-refractivity contribution in [2.75, 3.05) is 0 Å². The Balaban J connectivity index is 1.79. The topological polar surface area (TPSA) is 35.1 Å². The van der Waals surface area contributed by atoms with Crippen LogP contribution in [0.1, 0.15) is 21.7 Å². The van der Waals surface area contributed by atoms with Crippen LogP contribution in [0.4, 0.5) is 0 Å². The van der Waals surface area contributed by atoms with Gasteiger partial charge < -0.3 is 8.98 Å². The van der Waals surface area contributed by atoms with Gasteiger partial charge in [-0.05, 0) is 35.9 Å². The van der Waals surface area contributed by atoms with Crippen LogP contribution in [0.3, 0.4) is 0 Å². The third-order valence-electron chi connectivity index (χ3n) is 4.04. The van der Waals surface area contributed by atoms with Crippen molar-refractivity contribution in [3.05, 3.63) is 94.5 Å². The minimum Gasteiger partial charge on any atom is -0.461 e. The van der Waals surface area contributed by atoms with E-state index in [0.717, 1.165) is 15.4 Å². The zero-order chi connectivity index (χ0) is 16.5. The minimum absolute atomic E-state index is 0.0919. The van der Waals surface area contributed by atoms with E-state index >= 15 is 0 Å². The first-order valence-corrected chi connectivity index (χ1v) is 8.42. The standard InChI is InChI=1S/C20H14BrNO2/c21-15-9-7-14(8-10-15)12-22-13-17(16-4-1-2-5-18(16)22)20(23)19-6-3-11-24-19/h1-11,13H,12H2. The number of ketones is 1.